The number of esters is 2. The van der Waals surface area contributed by atoms with Gasteiger partial charge in [0.1, 0.15) is 25.9 Å². The van der Waals surface area contributed by atoms with Gasteiger partial charge in [0.15, 0.2) is 0 Å². The summed E-state index contributed by atoms with van der Waals surface area (Å²) in [5.74, 6) is 1.57. The van der Waals surface area contributed by atoms with Crippen molar-refractivity contribution >= 4 is 52.4 Å². The number of benzene rings is 2. The van der Waals surface area contributed by atoms with E-state index in [1.54, 1.807) is 29.9 Å². The van der Waals surface area contributed by atoms with Crippen molar-refractivity contribution in [1.29, 1.82) is 4.35 Å². The first kappa shape index (κ1) is 79.5. The molecule has 2 saturated heterocycles. The summed E-state index contributed by atoms with van der Waals surface area (Å²) >= 11 is 1.67. The first-order chi connectivity index (χ1) is 31.8. The molecule has 2 aliphatic heterocycles. The monoisotopic (exact) mass is 999 g/mol. The zero-order valence-corrected chi connectivity index (χ0v) is 47.8. The van der Waals surface area contributed by atoms with Crippen molar-refractivity contribution in [2.24, 2.45) is 10.8 Å². The molecule has 2 fully saturated rings. The summed E-state index contributed by atoms with van der Waals surface area (Å²) in [6.45, 7) is 49.6. The zero-order valence-electron chi connectivity index (χ0n) is 45.5. The molecule has 0 spiro atoms. The van der Waals surface area contributed by atoms with Gasteiger partial charge < -0.3 is 48.5 Å². The van der Waals surface area contributed by atoms with Crippen molar-refractivity contribution in [1.82, 2.24) is 0 Å². The fraction of sp³-hybridized carbons (Fsp3) is 0.564. The molecule has 2 aromatic carbocycles. The average molecular weight is 999 g/mol. The molecule has 3 atom stereocenters. The van der Waals surface area contributed by atoms with Crippen molar-refractivity contribution < 1.29 is 48.2 Å². The Morgan fingerprint density at radius 3 is 1.39 bits per heavy atom. The summed E-state index contributed by atoms with van der Waals surface area (Å²) in [7, 11) is 0. The van der Waals surface area contributed by atoms with Crippen LogP contribution in [0.4, 0.5) is 0 Å². The molecule has 0 aromatic heterocycles. The van der Waals surface area contributed by atoms with Gasteiger partial charge in [-0.3, -0.25) is 0 Å². The number of carbonyl (C=O) groups excluding carboxylic acids is 2. The molecule has 0 bridgehead atoms. The van der Waals surface area contributed by atoms with E-state index in [1.165, 1.54) is 17.5 Å². The first-order valence-electron chi connectivity index (χ1n) is 23.5. The minimum atomic E-state index is -0.455. The number of carbonyl (C=O) groups is 2. The van der Waals surface area contributed by atoms with Crippen LogP contribution < -0.4 is 0 Å². The van der Waals surface area contributed by atoms with Crippen molar-refractivity contribution in [3.05, 3.63) is 127 Å². The number of ether oxygens (including phenoxy) is 6. The number of allylic oxidation sites excluding steroid dienone is 2. The summed E-state index contributed by atoms with van der Waals surface area (Å²) in [6.07, 6.45) is 6.71. The van der Waals surface area contributed by atoms with Gasteiger partial charge >= 0.3 is 32.4 Å². The molecule has 4 rings (SSSR count). The van der Waals surface area contributed by atoms with E-state index in [-0.39, 0.29) is 61.0 Å². The zero-order chi connectivity index (χ0) is 52.9. The van der Waals surface area contributed by atoms with Crippen LogP contribution in [0.5, 0.6) is 0 Å². The van der Waals surface area contributed by atoms with E-state index >= 15 is 0 Å². The van der Waals surface area contributed by atoms with Crippen LogP contribution >= 0.6 is 9.90 Å². The summed E-state index contributed by atoms with van der Waals surface area (Å²) in [5, 5.41) is 16.7. The van der Waals surface area contributed by atoms with Crippen LogP contribution in [-0.2, 0) is 38.0 Å². The molecule has 2 heterocycles. The molecule has 0 saturated carbocycles. The Morgan fingerprint density at radius 1 is 0.710 bits per heavy atom. The largest absolute Gasteiger partial charge is 0.577 e. The van der Waals surface area contributed by atoms with Crippen LogP contribution in [0.25, 0.3) is 6.08 Å². The maximum Gasteiger partial charge on any atom is -0.577 e. The Bertz CT molecular complexity index is 1570. The molecule has 0 aliphatic carbocycles. The molecule has 392 valence electrons. The number of aliphatic hydroxyl groups excluding tert-OH is 2. The minimum absolute atomic E-state index is 0. The van der Waals surface area contributed by atoms with Gasteiger partial charge in [-0.05, 0) is 50.2 Å². The van der Waals surface area contributed by atoms with Crippen molar-refractivity contribution in [2.45, 2.75) is 141 Å². The molecular weight excluding hydrogens is 903 g/mol. The van der Waals surface area contributed by atoms with Crippen molar-refractivity contribution in [3.8, 4) is 0 Å². The summed E-state index contributed by atoms with van der Waals surface area (Å²) < 4.78 is 35.6. The van der Waals surface area contributed by atoms with Crippen LogP contribution in [0.3, 0.4) is 0 Å². The third-order valence-corrected chi connectivity index (χ3v) is 9.60. The van der Waals surface area contributed by atoms with E-state index in [0.29, 0.717) is 43.0 Å². The van der Waals surface area contributed by atoms with Gasteiger partial charge in [0.25, 0.3) is 0 Å². The Morgan fingerprint density at radius 2 is 1.07 bits per heavy atom. The quantitative estimate of drug-likeness (QED) is 0.0291. The van der Waals surface area contributed by atoms with Gasteiger partial charge in [-0.25, -0.2) is 9.59 Å². The Kier molecular flexibility index (Phi) is 60.1. The first-order valence-corrected chi connectivity index (χ1v) is 24.1. The summed E-state index contributed by atoms with van der Waals surface area (Å²) in [5.41, 5.74) is 3.53. The molecule has 3 N–H and O–H groups in total. The molecule has 11 nitrogen and oxygen atoms in total. The number of rotatable bonds is 20. The van der Waals surface area contributed by atoms with Gasteiger partial charge in [-0.15, -0.1) is 0 Å². The Hall–Kier alpha value is -3.65. The van der Waals surface area contributed by atoms with Crippen LogP contribution in [0.2, 0.25) is 0 Å². The van der Waals surface area contributed by atoms with Crippen LogP contribution in [-0.4, -0.2) is 112 Å². The van der Waals surface area contributed by atoms with E-state index in [0.717, 1.165) is 44.0 Å². The van der Waals surface area contributed by atoms with E-state index in [9.17, 15) is 9.59 Å². The van der Waals surface area contributed by atoms with Gasteiger partial charge in [0.2, 0.25) is 0 Å². The second-order valence-corrected chi connectivity index (χ2v) is 15.8. The van der Waals surface area contributed by atoms with Crippen molar-refractivity contribution in [2.75, 3.05) is 52.9 Å². The molecule has 69 heavy (non-hydrogen) atoms. The fourth-order valence-corrected chi connectivity index (χ4v) is 3.83. The number of nitrogens with one attached hydrogen (secondary N) is 1. The molecule has 3 unspecified atom stereocenters. The third-order valence-electron chi connectivity index (χ3n) is 9.60. The van der Waals surface area contributed by atoms with Gasteiger partial charge in [0, 0.05) is 36.8 Å². The Labute approximate surface area is 434 Å². The molecule has 2 aliphatic rings. The fourth-order valence-electron chi connectivity index (χ4n) is 3.83. The van der Waals surface area contributed by atoms with Crippen LogP contribution in [0.1, 0.15) is 140 Å². The number of aliphatic hydroxyl groups is 2. The average Bonchev–Trinajstić information content (AvgIpc) is 4.32. The maximum absolute atomic E-state index is 10.7. The van der Waals surface area contributed by atoms with E-state index in [2.05, 4.69) is 123 Å². The van der Waals surface area contributed by atoms with E-state index in [1.807, 2.05) is 64.1 Å². The molecular formula is C55H95AlBNO10P-. The predicted octanol–water partition coefficient (Wildman–Crippen LogP) is 12.7. The van der Waals surface area contributed by atoms with Gasteiger partial charge in [-0.1, -0.05) is 183 Å². The van der Waals surface area contributed by atoms with Crippen LogP contribution in [0.15, 0.2) is 116 Å². The maximum atomic E-state index is 10.7. The Balaban J connectivity index is -0.000000131. The molecule has 4 radical (unpaired) electrons. The molecule has 0 amide bonds. The van der Waals surface area contributed by atoms with Gasteiger partial charge in [0.05, 0.1) is 50.7 Å². The SMILES string of the molecule is C=C(C)C(=O)OCC1CO1.C=C(C)C(=O)OCCO.C=C(OCCC1CO1)C(C)(C)CC.C=C(OCCO)C(C)(C)CC.C=Cc1ccccc1.CC.CC.CCC(C)c1ccccc1.[B].[NH]=[Al].[PH2-]. The number of hydrogen-bond acceptors (Lipinski definition) is 11. The smallest absolute Gasteiger partial charge is 0.577 e. The number of epoxide rings is 2. The predicted molar refractivity (Wildman–Crippen MR) is 296 cm³/mol. The standard InChI is InChI=1S/C11H20O2.C10H14.C9H18O2.C8H8.C7H10O3.C6H10O3.2C2H6.Al.B.HN.H2P/c1-5-11(3,4)9(2)12-7-6-10-8-13-10;1-3-9(2)10-7-5-4-6-8-10;1-5-9(3,4)8(2)11-7-6-10;1-2-8-6-4-3-5-7-8;1-5(2)7(8)10-4-6-3-9-6;1-5(2)6(8)9-4-3-7;2*1-2;;;;/h10H,2,5-8H2,1,3-4H3;4-9H,3H2,1-2H3;10H,2,5-7H2,1,3-4H3;2-7H,1H2;6H,1,3-4H2,2H3;7H,1,3-4H2,2H3;2*1-2H3;;;1H;1H2/q;;;;;;;;;;;-1. The molecule has 2 aromatic rings. The summed E-state index contributed by atoms with van der Waals surface area (Å²) in [4.78, 5) is 21.2. The van der Waals surface area contributed by atoms with E-state index in [4.69, 9.17) is 38.2 Å². The second kappa shape index (κ2) is 52.2. The topological polar surface area (TPSA) is 160 Å². The van der Waals surface area contributed by atoms with Gasteiger partial charge in [-0.2, -0.15) is 0 Å². The molecule has 14 heteroatoms. The normalized spacial score (nSPS) is 13.2. The van der Waals surface area contributed by atoms with Crippen LogP contribution in [0, 0.1) is 15.2 Å². The minimum Gasteiger partial charge on any atom is -0.577 e. The summed E-state index contributed by atoms with van der Waals surface area (Å²) in [6, 6.07) is 20.7. The number of hydrogen-bond donors (Lipinski definition) is 3. The van der Waals surface area contributed by atoms with E-state index < -0.39 is 5.97 Å². The second-order valence-electron chi connectivity index (χ2n) is 15.8. The van der Waals surface area contributed by atoms with Crippen molar-refractivity contribution in [3.63, 3.8) is 0 Å². The third kappa shape index (κ3) is 49.1.